The van der Waals surface area contributed by atoms with Crippen LogP contribution in [0.4, 0.5) is 0 Å². The van der Waals surface area contributed by atoms with Gasteiger partial charge in [0.05, 0.1) is 19.3 Å². The molecule has 5 nitrogen and oxygen atoms in total. The number of ether oxygens (including phenoxy) is 3. The first kappa shape index (κ1) is 15.8. The number of carbonyl (C=O) groups excluding carboxylic acids is 1. The summed E-state index contributed by atoms with van der Waals surface area (Å²) in [5.41, 5.74) is 1.70. The molecule has 0 unspecified atom stereocenters. The van der Waals surface area contributed by atoms with Crippen molar-refractivity contribution in [1.82, 2.24) is 0 Å². The number of methoxy groups -OCH3 is 1. The van der Waals surface area contributed by atoms with Crippen molar-refractivity contribution in [2.75, 3.05) is 13.7 Å². The molecule has 0 aliphatic carbocycles. The monoisotopic (exact) mass is 323 g/mol. The van der Waals surface area contributed by atoms with Gasteiger partial charge in [-0.1, -0.05) is 24.3 Å². The zero-order valence-corrected chi connectivity index (χ0v) is 13.5. The molecule has 5 heteroatoms. The fraction of sp³-hybridized carbons (Fsp3) is 0.158. The predicted octanol–water partition coefficient (Wildman–Crippen LogP) is 3.44. The molecule has 0 saturated heterocycles. The van der Waals surface area contributed by atoms with E-state index in [0.29, 0.717) is 23.7 Å². The molecule has 1 heterocycles. The van der Waals surface area contributed by atoms with Crippen LogP contribution in [-0.4, -0.2) is 25.6 Å². The molecule has 2 aromatic carbocycles. The molecule has 0 N–H and O–H groups in total. The highest BCUT2D eigenvalue weighted by atomic mass is 16.6. The number of hydrogen-bond acceptors (Lipinski definition) is 5. The van der Waals surface area contributed by atoms with Crippen LogP contribution >= 0.6 is 0 Å². The summed E-state index contributed by atoms with van der Waals surface area (Å²) in [4.78, 5) is 16.4. The van der Waals surface area contributed by atoms with Crippen molar-refractivity contribution in [3.8, 4) is 11.5 Å². The SMILES string of the molecule is CCOc1ccccc1C1=N/C(=C\c2cccc(OC)c2)C(=O)O1. The van der Waals surface area contributed by atoms with Gasteiger partial charge in [0.1, 0.15) is 11.5 Å². The van der Waals surface area contributed by atoms with Crippen LogP contribution in [0, 0.1) is 0 Å². The number of esters is 1. The molecule has 1 aliphatic rings. The van der Waals surface area contributed by atoms with Gasteiger partial charge < -0.3 is 14.2 Å². The molecule has 0 amide bonds. The summed E-state index contributed by atoms with van der Waals surface area (Å²) < 4.78 is 16.0. The minimum absolute atomic E-state index is 0.240. The Morgan fingerprint density at radius 2 is 2.00 bits per heavy atom. The summed E-state index contributed by atoms with van der Waals surface area (Å²) in [6, 6.07) is 14.7. The molecule has 0 saturated carbocycles. The lowest BCUT2D eigenvalue weighted by atomic mass is 10.2. The number of cyclic esters (lactones) is 1. The van der Waals surface area contributed by atoms with Crippen molar-refractivity contribution < 1.29 is 19.0 Å². The number of aliphatic imine (C=N–C) groups is 1. The molecule has 2 aromatic rings. The summed E-state index contributed by atoms with van der Waals surface area (Å²) in [6.45, 7) is 2.41. The Balaban J connectivity index is 1.94. The summed E-state index contributed by atoms with van der Waals surface area (Å²) in [7, 11) is 1.59. The third-order valence-electron chi connectivity index (χ3n) is 3.43. The van der Waals surface area contributed by atoms with E-state index in [4.69, 9.17) is 14.2 Å². The van der Waals surface area contributed by atoms with Crippen LogP contribution < -0.4 is 9.47 Å². The van der Waals surface area contributed by atoms with Crippen molar-refractivity contribution in [3.05, 3.63) is 65.4 Å². The van der Waals surface area contributed by atoms with Gasteiger partial charge >= 0.3 is 5.97 Å². The smallest absolute Gasteiger partial charge is 0.363 e. The van der Waals surface area contributed by atoms with Crippen molar-refractivity contribution in [3.63, 3.8) is 0 Å². The number of benzene rings is 2. The third kappa shape index (κ3) is 3.30. The molecule has 0 aromatic heterocycles. The normalized spacial score (nSPS) is 15.2. The Hall–Kier alpha value is -3.08. The van der Waals surface area contributed by atoms with Crippen molar-refractivity contribution in [2.24, 2.45) is 4.99 Å². The molecule has 0 spiro atoms. The Labute approximate surface area is 140 Å². The van der Waals surface area contributed by atoms with Gasteiger partial charge in [-0.3, -0.25) is 0 Å². The number of para-hydroxylation sites is 1. The maximum atomic E-state index is 12.1. The van der Waals surface area contributed by atoms with Gasteiger partial charge in [-0.25, -0.2) is 9.79 Å². The molecule has 1 aliphatic heterocycles. The first-order valence-corrected chi connectivity index (χ1v) is 7.60. The van der Waals surface area contributed by atoms with Crippen LogP contribution in [0.1, 0.15) is 18.1 Å². The topological polar surface area (TPSA) is 57.1 Å². The van der Waals surface area contributed by atoms with Crippen LogP contribution in [0.25, 0.3) is 6.08 Å². The molecule has 122 valence electrons. The molecular formula is C19H17NO4. The predicted molar refractivity (Wildman–Crippen MR) is 91.2 cm³/mol. The Bertz CT molecular complexity index is 824. The fourth-order valence-electron chi connectivity index (χ4n) is 2.34. The third-order valence-corrected chi connectivity index (χ3v) is 3.43. The second-order valence-corrected chi connectivity index (χ2v) is 5.04. The van der Waals surface area contributed by atoms with Crippen LogP contribution in [0.2, 0.25) is 0 Å². The minimum Gasteiger partial charge on any atom is -0.497 e. The number of nitrogens with zero attached hydrogens (tertiary/aromatic N) is 1. The van der Waals surface area contributed by atoms with Gasteiger partial charge in [-0.2, -0.15) is 0 Å². The highest BCUT2D eigenvalue weighted by molar-refractivity contribution is 6.13. The average molecular weight is 323 g/mol. The zero-order valence-electron chi connectivity index (χ0n) is 13.5. The van der Waals surface area contributed by atoms with E-state index in [1.54, 1.807) is 13.2 Å². The van der Waals surface area contributed by atoms with Crippen molar-refractivity contribution in [2.45, 2.75) is 6.92 Å². The number of hydrogen-bond donors (Lipinski definition) is 0. The van der Waals surface area contributed by atoms with Gasteiger partial charge in [-0.15, -0.1) is 0 Å². The molecule has 0 atom stereocenters. The zero-order chi connectivity index (χ0) is 16.9. The van der Waals surface area contributed by atoms with Crippen LogP contribution in [0.15, 0.2) is 59.2 Å². The van der Waals surface area contributed by atoms with E-state index < -0.39 is 5.97 Å². The Kier molecular flexibility index (Phi) is 4.61. The molecular weight excluding hydrogens is 306 g/mol. The van der Waals surface area contributed by atoms with Crippen LogP contribution in [0.5, 0.6) is 11.5 Å². The average Bonchev–Trinajstić information content (AvgIpc) is 2.96. The molecule has 24 heavy (non-hydrogen) atoms. The first-order valence-electron chi connectivity index (χ1n) is 7.60. The maximum absolute atomic E-state index is 12.1. The standard InChI is InChI=1S/C19H17NO4/c1-3-23-17-10-5-4-9-15(17)18-20-16(19(21)24-18)12-13-7-6-8-14(11-13)22-2/h4-12H,3H2,1-2H3/b16-12-. The quantitative estimate of drug-likeness (QED) is 0.625. The lowest BCUT2D eigenvalue weighted by Crippen LogP contribution is -2.07. The largest absolute Gasteiger partial charge is 0.497 e. The van der Waals surface area contributed by atoms with E-state index in [1.807, 2.05) is 55.5 Å². The van der Waals surface area contributed by atoms with Gasteiger partial charge in [0.15, 0.2) is 5.70 Å². The second-order valence-electron chi connectivity index (χ2n) is 5.04. The molecule has 3 rings (SSSR count). The highest BCUT2D eigenvalue weighted by Crippen LogP contribution is 2.25. The second kappa shape index (κ2) is 7.00. The summed E-state index contributed by atoms with van der Waals surface area (Å²) in [5.74, 6) is 1.10. The van der Waals surface area contributed by atoms with Gasteiger partial charge in [0.2, 0.25) is 5.90 Å². The molecule has 0 bridgehead atoms. The highest BCUT2D eigenvalue weighted by Gasteiger charge is 2.26. The summed E-state index contributed by atoms with van der Waals surface area (Å²) in [6.07, 6.45) is 1.67. The lowest BCUT2D eigenvalue weighted by molar-refractivity contribution is -0.129. The maximum Gasteiger partial charge on any atom is 0.363 e. The Morgan fingerprint density at radius 3 is 2.79 bits per heavy atom. The van der Waals surface area contributed by atoms with Crippen molar-refractivity contribution >= 4 is 17.9 Å². The van der Waals surface area contributed by atoms with E-state index in [1.165, 1.54) is 0 Å². The van der Waals surface area contributed by atoms with Gasteiger partial charge in [0, 0.05) is 0 Å². The molecule has 0 radical (unpaired) electrons. The lowest BCUT2D eigenvalue weighted by Gasteiger charge is -2.08. The van der Waals surface area contributed by atoms with E-state index in [0.717, 1.165) is 5.56 Å². The van der Waals surface area contributed by atoms with E-state index in [2.05, 4.69) is 4.99 Å². The van der Waals surface area contributed by atoms with Crippen LogP contribution in [-0.2, 0) is 9.53 Å². The van der Waals surface area contributed by atoms with Crippen LogP contribution in [0.3, 0.4) is 0 Å². The summed E-state index contributed by atoms with van der Waals surface area (Å²) in [5, 5.41) is 0. The number of carbonyl (C=O) groups is 1. The van der Waals surface area contributed by atoms with Crippen molar-refractivity contribution in [1.29, 1.82) is 0 Å². The number of rotatable bonds is 5. The molecule has 0 fully saturated rings. The van der Waals surface area contributed by atoms with Gasteiger partial charge in [-0.05, 0) is 42.8 Å². The van der Waals surface area contributed by atoms with E-state index >= 15 is 0 Å². The van der Waals surface area contributed by atoms with E-state index in [9.17, 15) is 4.79 Å². The summed E-state index contributed by atoms with van der Waals surface area (Å²) >= 11 is 0. The van der Waals surface area contributed by atoms with E-state index in [-0.39, 0.29) is 11.6 Å². The van der Waals surface area contributed by atoms with Gasteiger partial charge in [0.25, 0.3) is 0 Å². The first-order chi connectivity index (χ1) is 11.7. The fourth-order valence-corrected chi connectivity index (χ4v) is 2.34. The Morgan fingerprint density at radius 1 is 1.17 bits per heavy atom. The minimum atomic E-state index is -0.487.